The van der Waals surface area contributed by atoms with Crippen LogP contribution in [0.5, 0.6) is 0 Å². The summed E-state index contributed by atoms with van der Waals surface area (Å²) in [5.41, 5.74) is 0.337. The van der Waals surface area contributed by atoms with Crippen molar-refractivity contribution in [1.82, 2.24) is 15.6 Å². The third-order valence-corrected chi connectivity index (χ3v) is 5.83. The van der Waals surface area contributed by atoms with Gasteiger partial charge in [-0.25, -0.2) is 4.98 Å². The summed E-state index contributed by atoms with van der Waals surface area (Å²) >= 11 is 1.77. The third-order valence-electron chi connectivity index (χ3n) is 4.86. The van der Waals surface area contributed by atoms with E-state index in [1.54, 1.807) is 11.3 Å². The Morgan fingerprint density at radius 2 is 2.12 bits per heavy atom. The SMILES string of the molecule is CCNC(=NCC1(CCOCC)CCCC1)NCCc1ncc(C)s1. The molecule has 1 aromatic heterocycles. The molecule has 0 unspecified atom stereocenters. The molecule has 1 aromatic rings. The van der Waals surface area contributed by atoms with Gasteiger partial charge in [0.15, 0.2) is 5.96 Å². The number of guanidine groups is 1. The molecule has 0 radical (unpaired) electrons. The minimum atomic E-state index is 0.337. The fourth-order valence-corrected chi connectivity index (χ4v) is 4.23. The maximum atomic E-state index is 5.61. The van der Waals surface area contributed by atoms with Gasteiger partial charge < -0.3 is 15.4 Å². The molecule has 1 saturated carbocycles. The van der Waals surface area contributed by atoms with Crippen LogP contribution >= 0.6 is 11.3 Å². The number of nitrogens with one attached hydrogen (secondary N) is 2. The standard InChI is InChI=1S/C19H34N4OS/c1-4-20-18(21-12-8-17-22-14-16(3)25-17)23-15-19(9-6-7-10-19)11-13-24-5-2/h14H,4-13,15H2,1-3H3,(H2,20,21,23). The summed E-state index contributed by atoms with van der Waals surface area (Å²) in [6.07, 6.45) is 9.23. The molecule has 1 aliphatic rings. The van der Waals surface area contributed by atoms with Crippen LogP contribution < -0.4 is 10.6 Å². The molecule has 0 atom stereocenters. The molecule has 0 amide bonds. The number of aliphatic imine (C=N–C) groups is 1. The highest BCUT2D eigenvalue weighted by atomic mass is 32.1. The van der Waals surface area contributed by atoms with Crippen LogP contribution in [0.15, 0.2) is 11.2 Å². The monoisotopic (exact) mass is 366 g/mol. The van der Waals surface area contributed by atoms with Crippen molar-refractivity contribution < 1.29 is 4.74 Å². The molecule has 2 N–H and O–H groups in total. The van der Waals surface area contributed by atoms with Crippen LogP contribution in [-0.2, 0) is 11.2 Å². The van der Waals surface area contributed by atoms with Crippen LogP contribution in [0.3, 0.4) is 0 Å². The molecule has 0 saturated heterocycles. The average Bonchev–Trinajstić information content (AvgIpc) is 3.23. The van der Waals surface area contributed by atoms with Gasteiger partial charge in [0.2, 0.25) is 0 Å². The van der Waals surface area contributed by atoms with Crippen LogP contribution in [-0.4, -0.2) is 43.8 Å². The Morgan fingerprint density at radius 3 is 2.76 bits per heavy atom. The lowest BCUT2D eigenvalue weighted by Crippen LogP contribution is -2.39. The lowest BCUT2D eigenvalue weighted by Gasteiger charge is -2.27. The first-order valence-corrected chi connectivity index (χ1v) is 10.5. The molecule has 142 valence electrons. The molecule has 0 aliphatic heterocycles. The summed E-state index contributed by atoms with van der Waals surface area (Å²) in [6, 6.07) is 0. The second-order valence-electron chi connectivity index (χ2n) is 6.89. The van der Waals surface area contributed by atoms with Crippen LogP contribution in [0, 0.1) is 12.3 Å². The quantitative estimate of drug-likeness (QED) is 0.378. The summed E-state index contributed by atoms with van der Waals surface area (Å²) < 4.78 is 5.61. The van der Waals surface area contributed by atoms with Crippen molar-refractivity contribution >= 4 is 17.3 Å². The first kappa shape index (κ1) is 20.2. The van der Waals surface area contributed by atoms with E-state index in [4.69, 9.17) is 9.73 Å². The molecule has 6 heteroatoms. The molecule has 2 rings (SSSR count). The number of nitrogens with zero attached hydrogens (tertiary/aromatic N) is 2. The van der Waals surface area contributed by atoms with Gasteiger partial charge in [-0.1, -0.05) is 12.8 Å². The normalized spacial score (nSPS) is 17.0. The Kier molecular flexibility index (Phi) is 8.68. The fourth-order valence-electron chi connectivity index (χ4n) is 3.44. The summed E-state index contributed by atoms with van der Waals surface area (Å²) in [4.78, 5) is 10.6. The van der Waals surface area contributed by atoms with Gasteiger partial charge in [0.1, 0.15) is 0 Å². The largest absolute Gasteiger partial charge is 0.382 e. The Balaban J connectivity index is 1.85. The summed E-state index contributed by atoms with van der Waals surface area (Å²) in [6.45, 7) is 10.6. The molecule has 25 heavy (non-hydrogen) atoms. The second kappa shape index (κ2) is 10.8. The Bertz CT molecular complexity index is 523. The lowest BCUT2D eigenvalue weighted by atomic mass is 9.83. The molecular weight excluding hydrogens is 332 g/mol. The number of aryl methyl sites for hydroxylation is 1. The molecule has 5 nitrogen and oxygen atoms in total. The zero-order valence-corrected chi connectivity index (χ0v) is 16.9. The summed E-state index contributed by atoms with van der Waals surface area (Å²) in [5.74, 6) is 0.929. The van der Waals surface area contributed by atoms with E-state index in [0.717, 1.165) is 51.6 Å². The number of hydrogen-bond acceptors (Lipinski definition) is 4. The van der Waals surface area contributed by atoms with E-state index >= 15 is 0 Å². The van der Waals surface area contributed by atoms with Crippen molar-refractivity contribution in [3.8, 4) is 0 Å². The molecular formula is C19H34N4OS. The molecule has 0 spiro atoms. The van der Waals surface area contributed by atoms with E-state index in [0.29, 0.717) is 5.41 Å². The molecule has 1 fully saturated rings. The van der Waals surface area contributed by atoms with Crippen molar-refractivity contribution in [2.45, 2.75) is 59.3 Å². The predicted molar refractivity (Wildman–Crippen MR) is 107 cm³/mol. The highest BCUT2D eigenvalue weighted by Gasteiger charge is 2.33. The fraction of sp³-hybridized carbons (Fsp3) is 0.789. The minimum Gasteiger partial charge on any atom is -0.382 e. The Hall–Kier alpha value is -1.14. The lowest BCUT2D eigenvalue weighted by molar-refractivity contribution is 0.107. The zero-order valence-electron chi connectivity index (χ0n) is 16.1. The van der Waals surface area contributed by atoms with E-state index in [9.17, 15) is 0 Å². The summed E-state index contributed by atoms with van der Waals surface area (Å²) in [5, 5.41) is 8.02. The third kappa shape index (κ3) is 6.94. The van der Waals surface area contributed by atoms with Crippen LogP contribution in [0.25, 0.3) is 0 Å². The van der Waals surface area contributed by atoms with Crippen molar-refractivity contribution in [3.05, 3.63) is 16.1 Å². The maximum absolute atomic E-state index is 5.61. The van der Waals surface area contributed by atoms with E-state index in [-0.39, 0.29) is 0 Å². The van der Waals surface area contributed by atoms with Gasteiger partial charge in [-0.3, -0.25) is 4.99 Å². The topological polar surface area (TPSA) is 58.5 Å². The minimum absolute atomic E-state index is 0.337. The van der Waals surface area contributed by atoms with Crippen molar-refractivity contribution in [1.29, 1.82) is 0 Å². The number of ether oxygens (including phenoxy) is 1. The molecule has 1 aliphatic carbocycles. The molecule has 0 aromatic carbocycles. The first-order valence-electron chi connectivity index (χ1n) is 9.69. The zero-order chi connectivity index (χ0) is 18.0. The second-order valence-corrected chi connectivity index (χ2v) is 8.21. The van der Waals surface area contributed by atoms with Gasteiger partial charge in [-0.05, 0) is 45.4 Å². The first-order chi connectivity index (χ1) is 12.2. The Morgan fingerprint density at radius 1 is 1.32 bits per heavy atom. The van der Waals surface area contributed by atoms with Crippen LogP contribution in [0.2, 0.25) is 0 Å². The molecule has 0 bridgehead atoms. The number of thiazole rings is 1. The van der Waals surface area contributed by atoms with E-state index in [1.807, 2.05) is 6.20 Å². The number of rotatable bonds is 10. The van der Waals surface area contributed by atoms with E-state index in [1.165, 1.54) is 35.6 Å². The van der Waals surface area contributed by atoms with Crippen molar-refractivity contribution in [2.75, 3.05) is 32.8 Å². The van der Waals surface area contributed by atoms with Gasteiger partial charge in [0.05, 0.1) is 5.01 Å². The van der Waals surface area contributed by atoms with Gasteiger partial charge in [-0.2, -0.15) is 0 Å². The van der Waals surface area contributed by atoms with E-state index < -0.39 is 0 Å². The van der Waals surface area contributed by atoms with Gasteiger partial charge >= 0.3 is 0 Å². The van der Waals surface area contributed by atoms with Crippen LogP contribution in [0.1, 0.15) is 55.8 Å². The van der Waals surface area contributed by atoms with Gasteiger partial charge in [-0.15, -0.1) is 11.3 Å². The number of hydrogen-bond donors (Lipinski definition) is 2. The predicted octanol–water partition coefficient (Wildman–Crippen LogP) is 3.54. The summed E-state index contributed by atoms with van der Waals surface area (Å²) in [7, 11) is 0. The van der Waals surface area contributed by atoms with Crippen LogP contribution in [0.4, 0.5) is 0 Å². The maximum Gasteiger partial charge on any atom is 0.191 e. The van der Waals surface area contributed by atoms with Crippen molar-refractivity contribution in [3.63, 3.8) is 0 Å². The highest BCUT2D eigenvalue weighted by Crippen LogP contribution is 2.41. The molecule has 1 heterocycles. The van der Waals surface area contributed by atoms with Gasteiger partial charge in [0, 0.05) is 50.3 Å². The smallest absolute Gasteiger partial charge is 0.191 e. The van der Waals surface area contributed by atoms with E-state index in [2.05, 4.69) is 36.4 Å². The highest BCUT2D eigenvalue weighted by molar-refractivity contribution is 7.11. The van der Waals surface area contributed by atoms with Crippen molar-refractivity contribution in [2.24, 2.45) is 10.4 Å². The average molecular weight is 367 g/mol. The Labute approximate surface area is 156 Å². The number of aromatic nitrogens is 1. The van der Waals surface area contributed by atoms with Gasteiger partial charge in [0.25, 0.3) is 0 Å².